The van der Waals surface area contributed by atoms with Gasteiger partial charge in [0, 0.05) is 41.7 Å². The number of hydrogen-bond donors (Lipinski definition) is 2. The summed E-state index contributed by atoms with van der Waals surface area (Å²) in [5.41, 5.74) is 4.62. The molecule has 5 heteroatoms. The van der Waals surface area contributed by atoms with Gasteiger partial charge in [-0.2, -0.15) is 0 Å². The van der Waals surface area contributed by atoms with E-state index in [0.717, 1.165) is 54.4 Å². The number of aromatic nitrogens is 1. The second-order valence-electron chi connectivity index (χ2n) is 7.44. The summed E-state index contributed by atoms with van der Waals surface area (Å²) in [6, 6.07) is 21.7. The maximum Gasteiger partial charge on any atom is 0.159 e. The number of benzene rings is 2. The van der Waals surface area contributed by atoms with E-state index in [2.05, 4.69) is 28.4 Å². The van der Waals surface area contributed by atoms with Crippen LogP contribution in [0.1, 0.15) is 30.1 Å². The second-order valence-corrected chi connectivity index (χ2v) is 7.44. The number of nitrogens with zero attached hydrogens (tertiary/aromatic N) is 2. The number of ketones is 1. The van der Waals surface area contributed by atoms with Crippen LogP contribution in [0.2, 0.25) is 0 Å². The van der Waals surface area contributed by atoms with Crippen LogP contribution in [0.15, 0.2) is 66.7 Å². The normalized spacial score (nSPS) is 14.6. The summed E-state index contributed by atoms with van der Waals surface area (Å²) in [6.45, 7) is 3.22. The molecule has 1 fully saturated rings. The van der Waals surface area contributed by atoms with Gasteiger partial charge in [-0.15, -0.1) is 0 Å². The first-order valence-corrected chi connectivity index (χ1v) is 9.97. The number of hydrogen-bond acceptors (Lipinski definition) is 5. The van der Waals surface area contributed by atoms with Crippen LogP contribution in [0.4, 0.5) is 17.2 Å². The summed E-state index contributed by atoms with van der Waals surface area (Å²) in [5.74, 6) is 0.804. The van der Waals surface area contributed by atoms with E-state index in [4.69, 9.17) is 4.98 Å². The molecule has 29 heavy (non-hydrogen) atoms. The molecule has 5 nitrogen and oxygen atoms in total. The van der Waals surface area contributed by atoms with Gasteiger partial charge < -0.3 is 15.3 Å². The molecule has 2 aromatic carbocycles. The Morgan fingerprint density at radius 2 is 1.72 bits per heavy atom. The van der Waals surface area contributed by atoms with E-state index in [1.165, 1.54) is 0 Å². The Bertz CT molecular complexity index is 979. The highest BCUT2D eigenvalue weighted by Crippen LogP contribution is 2.29. The van der Waals surface area contributed by atoms with Crippen LogP contribution < -0.4 is 10.2 Å². The van der Waals surface area contributed by atoms with Crippen molar-refractivity contribution in [3.8, 4) is 11.3 Å². The Morgan fingerprint density at radius 1 is 1.03 bits per heavy atom. The summed E-state index contributed by atoms with van der Waals surface area (Å²) in [4.78, 5) is 18.6. The fourth-order valence-electron chi connectivity index (χ4n) is 3.58. The Kier molecular flexibility index (Phi) is 5.58. The number of anilines is 3. The molecule has 0 spiro atoms. The molecule has 1 aromatic heterocycles. The predicted molar refractivity (Wildman–Crippen MR) is 117 cm³/mol. The number of piperidine rings is 1. The van der Waals surface area contributed by atoms with Crippen molar-refractivity contribution < 1.29 is 9.90 Å². The lowest BCUT2D eigenvalue weighted by Gasteiger charge is -2.32. The molecule has 0 aliphatic carbocycles. The zero-order chi connectivity index (χ0) is 20.2. The van der Waals surface area contributed by atoms with Gasteiger partial charge in [0.2, 0.25) is 0 Å². The first kappa shape index (κ1) is 19.2. The van der Waals surface area contributed by atoms with Gasteiger partial charge in [0.1, 0.15) is 5.82 Å². The van der Waals surface area contributed by atoms with Crippen LogP contribution in [-0.4, -0.2) is 35.1 Å². The Labute approximate surface area is 171 Å². The van der Waals surface area contributed by atoms with Crippen molar-refractivity contribution in [1.29, 1.82) is 0 Å². The lowest BCUT2D eigenvalue weighted by molar-refractivity contribution is 0.101. The molecule has 0 radical (unpaired) electrons. The van der Waals surface area contributed by atoms with E-state index < -0.39 is 0 Å². The third-order valence-corrected chi connectivity index (χ3v) is 5.27. The quantitative estimate of drug-likeness (QED) is 0.624. The first-order valence-electron chi connectivity index (χ1n) is 9.97. The minimum Gasteiger partial charge on any atom is -0.393 e. The molecule has 2 N–H and O–H groups in total. The zero-order valence-electron chi connectivity index (χ0n) is 16.5. The van der Waals surface area contributed by atoms with Crippen molar-refractivity contribution in [1.82, 2.24) is 4.98 Å². The van der Waals surface area contributed by atoms with Crippen LogP contribution in [-0.2, 0) is 0 Å². The van der Waals surface area contributed by atoms with E-state index >= 15 is 0 Å². The summed E-state index contributed by atoms with van der Waals surface area (Å²) in [7, 11) is 0. The highest BCUT2D eigenvalue weighted by atomic mass is 16.3. The van der Waals surface area contributed by atoms with Crippen LogP contribution in [0.5, 0.6) is 0 Å². The smallest absolute Gasteiger partial charge is 0.159 e. The van der Waals surface area contributed by atoms with Gasteiger partial charge in [0.15, 0.2) is 5.78 Å². The van der Waals surface area contributed by atoms with E-state index in [1.807, 2.05) is 48.5 Å². The summed E-state index contributed by atoms with van der Waals surface area (Å²) in [5, 5.41) is 13.2. The number of nitrogens with one attached hydrogen (secondary N) is 1. The molecule has 0 bridgehead atoms. The van der Waals surface area contributed by atoms with Crippen LogP contribution in [0.25, 0.3) is 11.3 Å². The van der Waals surface area contributed by atoms with Gasteiger partial charge in [-0.25, -0.2) is 4.98 Å². The third-order valence-electron chi connectivity index (χ3n) is 5.27. The molecule has 0 unspecified atom stereocenters. The minimum atomic E-state index is -0.209. The van der Waals surface area contributed by atoms with Gasteiger partial charge in [-0.3, -0.25) is 4.79 Å². The van der Waals surface area contributed by atoms with Crippen molar-refractivity contribution in [3.05, 3.63) is 72.3 Å². The molecule has 148 valence electrons. The molecule has 1 aliphatic heterocycles. The molecular formula is C24H25N3O2. The fourth-order valence-corrected chi connectivity index (χ4v) is 3.58. The number of aliphatic hydroxyl groups is 1. The van der Waals surface area contributed by atoms with Gasteiger partial charge in [-0.05, 0) is 50.1 Å². The molecule has 3 aromatic rings. The molecule has 0 amide bonds. The van der Waals surface area contributed by atoms with E-state index in [9.17, 15) is 9.90 Å². The summed E-state index contributed by atoms with van der Waals surface area (Å²) < 4.78 is 0. The van der Waals surface area contributed by atoms with Crippen molar-refractivity contribution in [2.24, 2.45) is 0 Å². The van der Waals surface area contributed by atoms with E-state index in [0.29, 0.717) is 5.56 Å². The van der Waals surface area contributed by atoms with E-state index in [1.54, 1.807) is 6.92 Å². The number of carbonyl (C=O) groups excluding carboxylic acids is 1. The van der Waals surface area contributed by atoms with Crippen molar-refractivity contribution in [3.63, 3.8) is 0 Å². The molecule has 2 heterocycles. The molecule has 4 rings (SSSR count). The first-order chi connectivity index (χ1) is 14.1. The Hall–Kier alpha value is -3.18. The molecular weight excluding hydrogens is 362 g/mol. The Morgan fingerprint density at radius 3 is 2.38 bits per heavy atom. The highest BCUT2D eigenvalue weighted by molar-refractivity contribution is 5.94. The summed E-state index contributed by atoms with van der Waals surface area (Å²) >= 11 is 0. The molecule has 0 atom stereocenters. The average molecular weight is 387 g/mol. The van der Waals surface area contributed by atoms with Crippen LogP contribution >= 0.6 is 0 Å². The monoisotopic (exact) mass is 387 g/mol. The third kappa shape index (κ3) is 4.63. The van der Waals surface area contributed by atoms with Crippen LogP contribution in [0.3, 0.4) is 0 Å². The maximum atomic E-state index is 11.5. The fraction of sp³-hybridized carbons (Fsp3) is 0.250. The van der Waals surface area contributed by atoms with Crippen molar-refractivity contribution >= 4 is 23.0 Å². The number of Topliss-reactive ketones (excluding diaryl/α,β-unsaturated/α-hetero) is 1. The number of rotatable bonds is 5. The topological polar surface area (TPSA) is 65.5 Å². The largest absolute Gasteiger partial charge is 0.393 e. The van der Waals surface area contributed by atoms with Gasteiger partial charge in [-0.1, -0.05) is 30.3 Å². The second kappa shape index (κ2) is 8.45. The minimum absolute atomic E-state index is 0.0512. The average Bonchev–Trinajstić information content (AvgIpc) is 2.75. The zero-order valence-corrected chi connectivity index (χ0v) is 16.5. The van der Waals surface area contributed by atoms with E-state index in [-0.39, 0.29) is 11.9 Å². The van der Waals surface area contributed by atoms with Crippen LogP contribution in [0, 0.1) is 0 Å². The number of carbonyl (C=O) groups is 1. The van der Waals surface area contributed by atoms with Gasteiger partial charge >= 0.3 is 0 Å². The molecule has 0 saturated carbocycles. The number of aliphatic hydroxyl groups excluding tert-OH is 1. The standard InChI is InChI=1S/C24H25N3O2/c1-17(28)18-7-9-20(10-8-18)25-24-16-21(27-13-11-22(29)12-14-27)15-23(26-24)19-5-3-2-4-6-19/h2-10,15-16,22,29H,11-14H2,1H3,(H,25,26). The lowest BCUT2D eigenvalue weighted by atomic mass is 10.1. The van der Waals surface area contributed by atoms with Crippen molar-refractivity contribution in [2.45, 2.75) is 25.9 Å². The van der Waals surface area contributed by atoms with Gasteiger partial charge in [0.05, 0.1) is 11.8 Å². The number of pyridine rings is 1. The van der Waals surface area contributed by atoms with Gasteiger partial charge in [0.25, 0.3) is 0 Å². The SMILES string of the molecule is CC(=O)c1ccc(Nc2cc(N3CCC(O)CC3)cc(-c3ccccc3)n2)cc1. The predicted octanol–water partition coefficient (Wildman–Crippen LogP) is 4.66. The summed E-state index contributed by atoms with van der Waals surface area (Å²) in [6.07, 6.45) is 1.34. The van der Waals surface area contributed by atoms with Crippen molar-refractivity contribution in [2.75, 3.05) is 23.3 Å². The molecule has 1 saturated heterocycles. The Balaban J connectivity index is 1.66. The maximum absolute atomic E-state index is 11.5. The molecule has 1 aliphatic rings. The highest BCUT2D eigenvalue weighted by Gasteiger charge is 2.19. The lowest BCUT2D eigenvalue weighted by Crippen LogP contribution is -2.35.